The predicted molar refractivity (Wildman–Crippen MR) is 47.9 cm³/mol. The van der Waals surface area contributed by atoms with Gasteiger partial charge in [-0.2, -0.15) is 0 Å². The summed E-state index contributed by atoms with van der Waals surface area (Å²) in [5.41, 5.74) is 6.28. The number of anilines is 2. The SMILES string of the molecule is CN1CC=Nc2c(N)ncnc21. The molecule has 5 nitrogen and oxygen atoms in total. The van der Waals surface area contributed by atoms with E-state index in [1.807, 2.05) is 11.9 Å². The summed E-state index contributed by atoms with van der Waals surface area (Å²) in [6, 6.07) is 0. The Balaban J connectivity index is 2.61. The number of nitrogens with two attached hydrogens (primary N) is 1. The minimum absolute atomic E-state index is 0.433. The fourth-order valence-electron chi connectivity index (χ4n) is 1.13. The molecule has 0 aromatic carbocycles. The number of hydrogen-bond acceptors (Lipinski definition) is 5. The average Bonchev–Trinajstić information content (AvgIpc) is 2.07. The summed E-state index contributed by atoms with van der Waals surface area (Å²) >= 11 is 0. The Bertz CT molecular complexity index is 333. The Morgan fingerprint density at radius 3 is 3.08 bits per heavy atom. The fourth-order valence-corrected chi connectivity index (χ4v) is 1.13. The van der Waals surface area contributed by atoms with Crippen LogP contribution in [0.1, 0.15) is 0 Å². The first-order valence-electron chi connectivity index (χ1n) is 3.63. The molecule has 0 saturated heterocycles. The molecule has 12 heavy (non-hydrogen) atoms. The van der Waals surface area contributed by atoms with E-state index >= 15 is 0 Å². The molecule has 0 saturated carbocycles. The van der Waals surface area contributed by atoms with Crippen LogP contribution in [-0.2, 0) is 0 Å². The molecule has 1 aromatic heterocycles. The second-order valence-electron chi connectivity index (χ2n) is 2.62. The van der Waals surface area contributed by atoms with E-state index in [1.54, 1.807) is 6.21 Å². The number of nitrogens with zero attached hydrogens (tertiary/aromatic N) is 4. The van der Waals surface area contributed by atoms with Crippen LogP contribution in [0.2, 0.25) is 0 Å². The zero-order chi connectivity index (χ0) is 8.55. The monoisotopic (exact) mass is 163 g/mol. The lowest BCUT2D eigenvalue weighted by Crippen LogP contribution is -2.23. The number of aliphatic imine (C=N–C) groups is 1. The summed E-state index contributed by atoms with van der Waals surface area (Å²) in [6.45, 7) is 0.767. The van der Waals surface area contributed by atoms with Crippen molar-refractivity contribution >= 4 is 23.5 Å². The molecule has 0 atom stereocenters. The number of fused-ring (bicyclic) bond motifs is 1. The molecule has 5 heteroatoms. The molecule has 1 aromatic rings. The molecule has 1 aliphatic heterocycles. The first-order valence-corrected chi connectivity index (χ1v) is 3.63. The summed E-state index contributed by atoms with van der Waals surface area (Å²) in [6.07, 6.45) is 3.24. The van der Waals surface area contributed by atoms with Crippen molar-refractivity contribution in [3.05, 3.63) is 6.33 Å². The van der Waals surface area contributed by atoms with Crippen molar-refractivity contribution in [3.8, 4) is 0 Å². The van der Waals surface area contributed by atoms with Gasteiger partial charge in [0.1, 0.15) is 12.0 Å². The van der Waals surface area contributed by atoms with Crippen LogP contribution in [0.4, 0.5) is 17.3 Å². The molecule has 0 aliphatic carbocycles. The average molecular weight is 163 g/mol. The maximum atomic E-state index is 5.61. The van der Waals surface area contributed by atoms with Crippen LogP contribution in [0.25, 0.3) is 0 Å². The molecule has 0 fully saturated rings. The third-order valence-corrected chi connectivity index (χ3v) is 1.77. The van der Waals surface area contributed by atoms with Crippen molar-refractivity contribution in [2.24, 2.45) is 4.99 Å². The van der Waals surface area contributed by atoms with Crippen molar-refractivity contribution in [2.75, 3.05) is 24.2 Å². The zero-order valence-electron chi connectivity index (χ0n) is 6.73. The van der Waals surface area contributed by atoms with Crippen LogP contribution in [-0.4, -0.2) is 29.8 Å². The number of rotatable bonds is 0. The first kappa shape index (κ1) is 7.02. The molecule has 62 valence electrons. The quantitative estimate of drug-likeness (QED) is 0.593. The van der Waals surface area contributed by atoms with Crippen LogP contribution < -0.4 is 10.6 Å². The van der Waals surface area contributed by atoms with Gasteiger partial charge in [-0.15, -0.1) is 0 Å². The van der Waals surface area contributed by atoms with Gasteiger partial charge in [0.2, 0.25) is 0 Å². The largest absolute Gasteiger partial charge is 0.382 e. The number of hydrogen-bond donors (Lipinski definition) is 1. The minimum Gasteiger partial charge on any atom is -0.382 e. The normalized spacial score (nSPS) is 14.6. The highest BCUT2D eigenvalue weighted by atomic mass is 15.2. The van der Waals surface area contributed by atoms with Gasteiger partial charge in [-0.1, -0.05) is 0 Å². The van der Waals surface area contributed by atoms with E-state index in [0.29, 0.717) is 11.5 Å². The second kappa shape index (κ2) is 2.44. The van der Waals surface area contributed by atoms with Crippen molar-refractivity contribution in [2.45, 2.75) is 0 Å². The summed E-state index contributed by atoms with van der Waals surface area (Å²) in [4.78, 5) is 14.0. The van der Waals surface area contributed by atoms with Gasteiger partial charge in [0.05, 0.1) is 6.54 Å². The van der Waals surface area contributed by atoms with E-state index in [4.69, 9.17) is 5.73 Å². The smallest absolute Gasteiger partial charge is 0.160 e. The third kappa shape index (κ3) is 0.903. The molecule has 0 amide bonds. The highest BCUT2D eigenvalue weighted by Gasteiger charge is 2.14. The Labute approximate surface area is 70.0 Å². The molecule has 0 spiro atoms. The first-order chi connectivity index (χ1) is 5.79. The maximum Gasteiger partial charge on any atom is 0.160 e. The van der Waals surface area contributed by atoms with Gasteiger partial charge in [0.15, 0.2) is 11.6 Å². The fraction of sp³-hybridized carbons (Fsp3) is 0.286. The van der Waals surface area contributed by atoms with E-state index in [2.05, 4.69) is 15.0 Å². The van der Waals surface area contributed by atoms with E-state index in [0.717, 1.165) is 12.4 Å². The van der Waals surface area contributed by atoms with Gasteiger partial charge in [-0.05, 0) is 0 Å². The molecule has 0 bridgehead atoms. The molecule has 2 rings (SSSR count). The Kier molecular flexibility index (Phi) is 1.43. The zero-order valence-corrected chi connectivity index (χ0v) is 6.73. The van der Waals surface area contributed by atoms with E-state index in [-0.39, 0.29) is 0 Å². The highest BCUT2D eigenvalue weighted by Crippen LogP contribution is 2.31. The second-order valence-corrected chi connectivity index (χ2v) is 2.62. The van der Waals surface area contributed by atoms with Crippen LogP contribution in [0.5, 0.6) is 0 Å². The summed E-state index contributed by atoms with van der Waals surface area (Å²) in [7, 11) is 1.94. The molecule has 2 N–H and O–H groups in total. The highest BCUT2D eigenvalue weighted by molar-refractivity contribution is 5.84. The van der Waals surface area contributed by atoms with Gasteiger partial charge in [-0.25, -0.2) is 9.97 Å². The molecule has 0 unspecified atom stereocenters. The van der Waals surface area contributed by atoms with Crippen molar-refractivity contribution in [1.29, 1.82) is 0 Å². The van der Waals surface area contributed by atoms with Crippen molar-refractivity contribution in [1.82, 2.24) is 9.97 Å². The van der Waals surface area contributed by atoms with Gasteiger partial charge >= 0.3 is 0 Å². The lowest BCUT2D eigenvalue weighted by atomic mass is 10.3. The van der Waals surface area contributed by atoms with Gasteiger partial charge < -0.3 is 10.6 Å². The van der Waals surface area contributed by atoms with Crippen LogP contribution >= 0.6 is 0 Å². The number of aromatic nitrogens is 2. The van der Waals surface area contributed by atoms with E-state index in [1.165, 1.54) is 6.33 Å². The maximum absolute atomic E-state index is 5.61. The Morgan fingerprint density at radius 2 is 2.33 bits per heavy atom. The van der Waals surface area contributed by atoms with Crippen molar-refractivity contribution < 1.29 is 0 Å². The Morgan fingerprint density at radius 1 is 1.50 bits per heavy atom. The minimum atomic E-state index is 0.433. The molecule has 1 aliphatic rings. The van der Waals surface area contributed by atoms with Gasteiger partial charge in [-0.3, -0.25) is 4.99 Å². The summed E-state index contributed by atoms with van der Waals surface area (Å²) < 4.78 is 0. The van der Waals surface area contributed by atoms with Crippen molar-refractivity contribution in [3.63, 3.8) is 0 Å². The van der Waals surface area contributed by atoms with Gasteiger partial charge in [0.25, 0.3) is 0 Å². The van der Waals surface area contributed by atoms with Crippen LogP contribution in [0.15, 0.2) is 11.3 Å². The summed E-state index contributed by atoms with van der Waals surface area (Å²) in [5.74, 6) is 1.23. The predicted octanol–water partition coefficient (Wildman–Crippen LogP) is 0.211. The molecule has 2 heterocycles. The summed E-state index contributed by atoms with van der Waals surface area (Å²) in [5, 5.41) is 0. The van der Waals surface area contributed by atoms with Gasteiger partial charge in [0, 0.05) is 13.3 Å². The lowest BCUT2D eigenvalue weighted by Gasteiger charge is -2.20. The third-order valence-electron chi connectivity index (χ3n) is 1.77. The Hall–Kier alpha value is -1.65. The molecule has 0 radical (unpaired) electrons. The standard InChI is InChI=1S/C7H9N5/c1-12-3-2-9-5-6(8)10-4-11-7(5)12/h2,4H,3H2,1H3,(H2,8,10,11). The number of nitrogen functional groups attached to an aromatic ring is 1. The van der Waals surface area contributed by atoms with Crippen LogP contribution in [0.3, 0.4) is 0 Å². The topological polar surface area (TPSA) is 67.4 Å². The lowest BCUT2D eigenvalue weighted by molar-refractivity contribution is 0.986. The molecular formula is C7H9N5. The van der Waals surface area contributed by atoms with Crippen LogP contribution in [0, 0.1) is 0 Å². The van der Waals surface area contributed by atoms with E-state index in [9.17, 15) is 0 Å². The molecular weight excluding hydrogens is 154 g/mol. The van der Waals surface area contributed by atoms with E-state index < -0.39 is 0 Å².